The van der Waals surface area contributed by atoms with Crippen LogP contribution >= 0.6 is 0 Å². The number of Topliss-reactive ketones (excluding diaryl/α,β-unsaturated/α-hetero) is 1. The van der Waals surface area contributed by atoms with Gasteiger partial charge in [0.1, 0.15) is 0 Å². The molecule has 17 heavy (non-hydrogen) atoms. The van der Waals surface area contributed by atoms with Crippen LogP contribution in [0.1, 0.15) is 21.7 Å². The van der Waals surface area contributed by atoms with Gasteiger partial charge in [0.25, 0.3) is 0 Å². The van der Waals surface area contributed by atoms with E-state index in [0.717, 1.165) is 11.1 Å². The van der Waals surface area contributed by atoms with Gasteiger partial charge in [-0.05, 0) is 11.1 Å². The Hall–Kier alpha value is -2.10. The highest BCUT2D eigenvalue weighted by Gasteiger charge is 2.23. The van der Waals surface area contributed by atoms with Gasteiger partial charge in [0, 0.05) is 6.42 Å². The van der Waals surface area contributed by atoms with Crippen LogP contribution in [0.4, 0.5) is 0 Å². The second-order valence-electron chi connectivity index (χ2n) is 4.08. The zero-order valence-electron chi connectivity index (χ0n) is 9.51. The fourth-order valence-electron chi connectivity index (χ4n) is 2.20. The lowest BCUT2D eigenvalue weighted by Gasteiger charge is -2.08. The Kier molecular flexibility index (Phi) is 2.21. The van der Waals surface area contributed by atoms with Crippen LogP contribution in [0.25, 0.3) is 0 Å². The third-order valence-electron chi connectivity index (χ3n) is 3.08. The Bertz CT molecular complexity index is 587. The summed E-state index contributed by atoms with van der Waals surface area (Å²) in [7, 11) is 1.59. The van der Waals surface area contributed by atoms with Crippen molar-refractivity contribution in [1.82, 2.24) is 9.55 Å². The normalized spacial score (nSPS) is 13.8. The fraction of sp³-hybridized carbons (Fsp3) is 0.231. The molecule has 0 amide bonds. The largest absolute Gasteiger partial charge is 0.481 e. The molecule has 86 valence electrons. The smallest absolute Gasteiger partial charge is 0.214 e. The summed E-state index contributed by atoms with van der Waals surface area (Å²) < 4.78 is 7.05. The molecular formula is C13H12N2O2. The van der Waals surface area contributed by atoms with Crippen LogP contribution in [-0.4, -0.2) is 22.4 Å². The molecule has 0 unspecified atom stereocenters. The van der Waals surface area contributed by atoms with Crippen molar-refractivity contribution in [3.8, 4) is 5.88 Å². The van der Waals surface area contributed by atoms with E-state index in [-0.39, 0.29) is 5.78 Å². The zero-order chi connectivity index (χ0) is 11.8. The van der Waals surface area contributed by atoms with E-state index in [1.165, 1.54) is 0 Å². The molecule has 4 nitrogen and oxygen atoms in total. The lowest BCUT2D eigenvalue weighted by atomic mass is 10.0. The van der Waals surface area contributed by atoms with Gasteiger partial charge in [-0.3, -0.25) is 9.36 Å². The van der Waals surface area contributed by atoms with Gasteiger partial charge >= 0.3 is 0 Å². The maximum atomic E-state index is 12.1. The predicted molar refractivity (Wildman–Crippen MR) is 62.4 cm³/mol. The van der Waals surface area contributed by atoms with E-state index >= 15 is 0 Å². The summed E-state index contributed by atoms with van der Waals surface area (Å²) in [6.45, 7) is 0.639. The molecule has 1 aliphatic heterocycles. The summed E-state index contributed by atoms with van der Waals surface area (Å²) in [5, 5.41) is 0. The number of fused-ring (bicyclic) bond motifs is 2. The van der Waals surface area contributed by atoms with Gasteiger partial charge in [-0.25, -0.2) is 4.98 Å². The van der Waals surface area contributed by atoms with Gasteiger partial charge in [-0.15, -0.1) is 0 Å². The third kappa shape index (κ3) is 1.53. The van der Waals surface area contributed by atoms with Gasteiger partial charge < -0.3 is 4.74 Å². The number of methoxy groups -OCH3 is 1. The number of rotatable bonds is 1. The SMILES string of the molecule is COc1cnc2n1Cc1ccccc1CC2=O. The highest BCUT2D eigenvalue weighted by Crippen LogP contribution is 2.23. The molecule has 0 atom stereocenters. The molecule has 1 aliphatic rings. The number of benzene rings is 1. The number of imidazole rings is 1. The predicted octanol–water partition coefficient (Wildman–Crippen LogP) is 1.68. The minimum Gasteiger partial charge on any atom is -0.481 e. The monoisotopic (exact) mass is 228 g/mol. The highest BCUT2D eigenvalue weighted by atomic mass is 16.5. The van der Waals surface area contributed by atoms with Crippen LogP contribution in [0.15, 0.2) is 30.5 Å². The van der Waals surface area contributed by atoms with Crippen molar-refractivity contribution in [1.29, 1.82) is 0 Å². The van der Waals surface area contributed by atoms with Crippen LogP contribution in [0, 0.1) is 0 Å². The fourth-order valence-corrected chi connectivity index (χ4v) is 2.20. The Balaban J connectivity index is 2.17. The molecule has 2 heterocycles. The summed E-state index contributed by atoms with van der Waals surface area (Å²) >= 11 is 0. The number of ketones is 1. The molecule has 0 aliphatic carbocycles. The molecule has 0 bridgehead atoms. The molecule has 1 aromatic carbocycles. The first-order valence-electron chi connectivity index (χ1n) is 5.49. The standard InChI is InChI=1S/C13H12N2O2/c1-17-12-7-14-13-11(16)6-9-4-2-3-5-10(9)8-15(12)13/h2-5,7H,6,8H2,1H3. The van der Waals surface area contributed by atoms with Crippen molar-refractivity contribution < 1.29 is 9.53 Å². The van der Waals surface area contributed by atoms with Crippen molar-refractivity contribution in [2.24, 2.45) is 0 Å². The topological polar surface area (TPSA) is 44.1 Å². The number of carbonyl (C=O) groups is 1. The molecular weight excluding hydrogens is 216 g/mol. The summed E-state index contributed by atoms with van der Waals surface area (Å²) in [6.07, 6.45) is 2.01. The molecule has 2 aromatic rings. The van der Waals surface area contributed by atoms with Gasteiger partial charge in [-0.2, -0.15) is 0 Å². The maximum Gasteiger partial charge on any atom is 0.214 e. The summed E-state index contributed by atoms with van der Waals surface area (Å²) in [4.78, 5) is 16.2. The average molecular weight is 228 g/mol. The number of carbonyl (C=O) groups excluding carboxylic acids is 1. The molecule has 0 saturated heterocycles. The first-order chi connectivity index (χ1) is 8.29. The average Bonchev–Trinajstić information content (AvgIpc) is 2.68. The van der Waals surface area contributed by atoms with Crippen molar-refractivity contribution in [3.63, 3.8) is 0 Å². The lowest BCUT2D eigenvalue weighted by molar-refractivity contribution is 0.0981. The first-order valence-corrected chi connectivity index (χ1v) is 5.49. The van der Waals surface area contributed by atoms with E-state index in [1.54, 1.807) is 13.3 Å². The molecule has 0 fully saturated rings. The van der Waals surface area contributed by atoms with Gasteiger partial charge in [0.15, 0.2) is 5.82 Å². The van der Waals surface area contributed by atoms with Crippen molar-refractivity contribution in [3.05, 3.63) is 47.4 Å². The van der Waals surface area contributed by atoms with E-state index in [0.29, 0.717) is 24.7 Å². The number of nitrogens with zero attached hydrogens (tertiary/aromatic N) is 2. The molecule has 0 N–H and O–H groups in total. The minimum absolute atomic E-state index is 0.0400. The van der Waals surface area contributed by atoms with Crippen LogP contribution in [0.5, 0.6) is 5.88 Å². The number of hydrogen-bond donors (Lipinski definition) is 0. The van der Waals surface area contributed by atoms with Crippen molar-refractivity contribution in [2.75, 3.05) is 7.11 Å². The van der Waals surface area contributed by atoms with Crippen LogP contribution in [-0.2, 0) is 13.0 Å². The number of ether oxygens (including phenoxy) is 1. The lowest BCUT2D eigenvalue weighted by Crippen LogP contribution is -2.09. The van der Waals surface area contributed by atoms with Gasteiger partial charge in [0.2, 0.25) is 11.7 Å². The quantitative estimate of drug-likeness (QED) is 0.745. The van der Waals surface area contributed by atoms with E-state index in [2.05, 4.69) is 4.98 Å². The Morgan fingerprint density at radius 2 is 2.06 bits per heavy atom. The van der Waals surface area contributed by atoms with Gasteiger partial charge in [-0.1, -0.05) is 24.3 Å². The summed E-state index contributed by atoms with van der Waals surface area (Å²) in [5.74, 6) is 1.15. The molecule has 3 rings (SSSR count). The Labute approximate surface area is 98.9 Å². The second-order valence-corrected chi connectivity index (χ2v) is 4.08. The zero-order valence-corrected chi connectivity index (χ0v) is 9.51. The summed E-state index contributed by atoms with van der Waals surface area (Å²) in [6, 6.07) is 7.97. The molecule has 0 spiro atoms. The third-order valence-corrected chi connectivity index (χ3v) is 3.08. The van der Waals surface area contributed by atoms with Crippen molar-refractivity contribution >= 4 is 5.78 Å². The van der Waals surface area contributed by atoms with E-state index < -0.39 is 0 Å². The minimum atomic E-state index is 0.0400. The Morgan fingerprint density at radius 3 is 2.82 bits per heavy atom. The first kappa shape index (κ1) is 10.1. The van der Waals surface area contributed by atoms with Crippen LogP contribution in [0.3, 0.4) is 0 Å². The Morgan fingerprint density at radius 1 is 1.29 bits per heavy atom. The number of aromatic nitrogens is 2. The van der Waals surface area contributed by atoms with Gasteiger partial charge in [0.05, 0.1) is 19.9 Å². The maximum absolute atomic E-state index is 12.1. The van der Waals surface area contributed by atoms with E-state index in [9.17, 15) is 4.79 Å². The van der Waals surface area contributed by atoms with Crippen molar-refractivity contribution in [2.45, 2.75) is 13.0 Å². The second kappa shape index (κ2) is 3.73. The van der Waals surface area contributed by atoms with E-state index in [1.807, 2.05) is 28.8 Å². The highest BCUT2D eigenvalue weighted by molar-refractivity contribution is 5.95. The van der Waals surface area contributed by atoms with Crippen LogP contribution in [0.2, 0.25) is 0 Å². The molecule has 4 heteroatoms. The van der Waals surface area contributed by atoms with Crippen LogP contribution < -0.4 is 4.74 Å². The summed E-state index contributed by atoms with van der Waals surface area (Å²) in [5.41, 5.74) is 2.22. The molecule has 0 radical (unpaired) electrons. The van der Waals surface area contributed by atoms with E-state index in [4.69, 9.17) is 4.74 Å². The molecule has 0 saturated carbocycles. The molecule has 1 aromatic heterocycles. The number of hydrogen-bond acceptors (Lipinski definition) is 3.